The third-order valence-corrected chi connectivity index (χ3v) is 4.42. The van der Waals surface area contributed by atoms with Crippen molar-refractivity contribution in [2.75, 3.05) is 59.5 Å². The second-order valence-corrected chi connectivity index (χ2v) is 8.87. The molecule has 1 N–H and O–H groups in total. The fraction of sp³-hybridized carbons (Fsp3) is 0.875. The van der Waals surface area contributed by atoms with Gasteiger partial charge in [0.1, 0.15) is 6.10 Å². The quantitative estimate of drug-likeness (QED) is 0.206. The minimum atomic E-state index is -0.675. The van der Waals surface area contributed by atoms with Crippen molar-refractivity contribution < 1.29 is 38.3 Å². The highest BCUT2D eigenvalue weighted by Gasteiger charge is 2.32. The lowest BCUT2D eigenvalue weighted by Gasteiger charge is -2.32. The summed E-state index contributed by atoms with van der Waals surface area (Å²) in [5.41, 5.74) is -0.675. The highest BCUT2D eigenvalue weighted by atomic mass is 16.6. The van der Waals surface area contributed by atoms with Crippen molar-refractivity contribution >= 4 is 5.97 Å². The zero-order chi connectivity index (χ0) is 24.4. The van der Waals surface area contributed by atoms with Gasteiger partial charge in [-0.1, -0.05) is 27.4 Å². The summed E-state index contributed by atoms with van der Waals surface area (Å²) in [5.74, 6) is -0.0881. The maximum absolute atomic E-state index is 11.2. The van der Waals surface area contributed by atoms with E-state index in [1.165, 1.54) is 0 Å². The Morgan fingerprint density at radius 2 is 1.41 bits per heavy atom. The molecule has 4 atom stereocenters. The molecular weight excluding hydrogens is 416 g/mol. The first kappa shape index (κ1) is 31.0. The Hall–Kier alpha value is -1.03. The Morgan fingerprint density at radius 1 is 0.875 bits per heavy atom. The number of hydrogen-bond donors (Lipinski definition) is 1. The van der Waals surface area contributed by atoms with Crippen molar-refractivity contribution in [3.05, 3.63) is 12.7 Å². The van der Waals surface area contributed by atoms with Gasteiger partial charge in [-0.2, -0.15) is 0 Å². The van der Waals surface area contributed by atoms with Crippen LogP contribution in [0.3, 0.4) is 0 Å². The predicted molar refractivity (Wildman–Crippen MR) is 124 cm³/mol. The van der Waals surface area contributed by atoms with Gasteiger partial charge in [0, 0.05) is 19.3 Å². The molecule has 0 saturated carbocycles. The fourth-order valence-corrected chi connectivity index (χ4v) is 2.65. The Balaban J connectivity index is 4.59. The van der Waals surface area contributed by atoms with E-state index in [1.807, 2.05) is 13.8 Å². The molecule has 0 aromatic carbocycles. The number of rotatable bonds is 21. The summed E-state index contributed by atoms with van der Waals surface area (Å²) in [6.45, 7) is 18.3. The maximum atomic E-state index is 11.2. The molecule has 0 aliphatic carbocycles. The van der Waals surface area contributed by atoms with Crippen LogP contribution in [0.25, 0.3) is 0 Å². The lowest BCUT2D eigenvalue weighted by Crippen LogP contribution is -2.42. The summed E-state index contributed by atoms with van der Waals surface area (Å²) < 4.78 is 33.9. The van der Waals surface area contributed by atoms with E-state index in [0.717, 1.165) is 12.5 Å². The summed E-state index contributed by atoms with van der Waals surface area (Å²) in [6.07, 6.45) is 1.47. The Labute approximate surface area is 194 Å². The van der Waals surface area contributed by atoms with Crippen molar-refractivity contribution in [1.29, 1.82) is 0 Å². The molecule has 8 heteroatoms. The van der Waals surface area contributed by atoms with Gasteiger partial charge in [-0.25, -0.2) is 4.79 Å². The van der Waals surface area contributed by atoms with Crippen molar-refractivity contribution in [3.8, 4) is 0 Å². The minimum absolute atomic E-state index is 0.0190. The third kappa shape index (κ3) is 15.7. The first-order valence-electron chi connectivity index (χ1n) is 11.6. The summed E-state index contributed by atoms with van der Waals surface area (Å²) in [5, 5.41) is 10.1. The predicted octanol–water partition coefficient (Wildman–Crippen LogP) is 3.01. The molecular formula is C24H46O8. The zero-order valence-electron chi connectivity index (χ0n) is 21.0. The SMILES string of the molecule is C=CC(=O)OC(C)COC(C)COCC(CO)(COCC(C)C)COCC(C)OCCC. The van der Waals surface area contributed by atoms with Crippen LogP contribution < -0.4 is 0 Å². The second kappa shape index (κ2) is 18.4. The number of aliphatic hydroxyl groups excluding tert-OH is 1. The molecule has 8 nitrogen and oxygen atoms in total. The normalized spacial score (nSPS) is 16.4. The van der Waals surface area contributed by atoms with Gasteiger partial charge < -0.3 is 33.5 Å². The summed E-state index contributed by atoms with van der Waals surface area (Å²) in [4.78, 5) is 11.2. The van der Waals surface area contributed by atoms with Gasteiger partial charge >= 0.3 is 5.97 Å². The van der Waals surface area contributed by atoms with Crippen LogP contribution in [0, 0.1) is 11.3 Å². The topological polar surface area (TPSA) is 92.7 Å². The zero-order valence-corrected chi connectivity index (χ0v) is 21.0. The lowest BCUT2D eigenvalue weighted by molar-refractivity contribution is -0.147. The van der Waals surface area contributed by atoms with Crippen LogP contribution >= 0.6 is 0 Å². The minimum Gasteiger partial charge on any atom is -0.457 e. The van der Waals surface area contributed by atoms with Gasteiger partial charge in [0.2, 0.25) is 0 Å². The van der Waals surface area contributed by atoms with Crippen LogP contribution in [-0.4, -0.2) is 88.8 Å². The molecule has 0 spiro atoms. The number of carbonyl (C=O) groups excluding carboxylic acids is 1. The van der Waals surface area contributed by atoms with Gasteiger partial charge in [-0.05, 0) is 33.1 Å². The fourth-order valence-electron chi connectivity index (χ4n) is 2.65. The molecule has 0 rings (SSSR count). The second-order valence-electron chi connectivity index (χ2n) is 8.87. The highest BCUT2D eigenvalue weighted by Crippen LogP contribution is 2.20. The molecule has 4 unspecified atom stereocenters. The van der Waals surface area contributed by atoms with Crippen LogP contribution in [0.5, 0.6) is 0 Å². The first-order valence-corrected chi connectivity index (χ1v) is 11.6. The Bertz CT molecular complexity index is 485. The van der Waals surface area contributed by atoms with E-state index in [4.69, 9.17) is 28.4 Å². The first-order chi connectivity index (χ1) is 15.2. The van der Waals surface area contributed by atoms with Crippen LogP contribution in [0.15, 0.2) is 12.7 Å². The molecule has 0 fully saturated rings. The van der Waals surface area contributed by atoms with Crippen molar-refractivity contribution in [3.63, 3.8) is 0 Å². The average molecular weight is 463 g/mol. The maximum Gasteiger partial charge on any atom is 0.330 e. The Morgan fingerprint density at radius 3 is 1.88 bits per heavy atom. The van der Waals surface area contributed by atoms with Crippen molar-refractivity contribution in [1.82, 2.24) is 0 Å². The lowest BCUT2D eigenvalue weighted by atomic mass is 9.92. The van der Waals surface area contributed by atoms with Gasteiger partial charge in [-0.15, -0.1) is 0 Å². The number of ether oxygens (including phenoxy) is 6. The van der Waals surface area contributed by atoms with Crippen LogP contribution in [0.2, 0.25) is 0 Å². The molecule has 190 valence electrons. The summed E-state index contributed by atoms with van der Waals surface area (Å²) >= 11 is 0. The van der Waals surface area contributed by atoms with E-state index < -0.39 is 11.4 Å². The molecule has 0 amide bonds. The molecule has 0 aromatic rings. The molecule has 0 bridgehead atoms. The largest absolute Gasteiger partial charge is 0.457 e. The molecule has 0 radical (unpaired) electrons. The molecule has 0 aliphatic heterocycles. The monoisotopic (exact) mass is 462 g/mol. The third-order valence-electron chi connectivity index (χ3n) is 4.42. The van der Waals surface area contributed by atoms with Crippen molar-refractivity contribution in [2.45, 2.75) is 66.3 Å². The smallest absolute Gasteiger partial charge is 0.330 e. The van der Waals surface area contributed by atoms with E-state index in [9.17, 15) is 9.90 Å². The van der Waals surface area contributed by atoms with Gasteiger partial charge in [0.15, 0.2) is 0 Å². The number of esters is 1. The number of aliphatic hydroxyl groups is 1. The molecule has 0 heterocycles. The van der Waals surface area contributed by atoms with E-state index in [0.29, 0.717) is 45.6 Å². The number of carbonyl (C=O) groups is 1. The number of hydrogen-bond acceptors (Lipinski definition) is 8. The molecule has 0 aliphatic rings. The highest BCUT2D eigenvalue weighted by molar-refractivity contribution is 5.81. The summed E-state index contributed by atoms with van der Waals surface area (Å²) in [7, 11) is 0. The van der Waals surface area contributed by atoms with E-state index in [1.54, 1.807) is 6.92 Å². The van der Waals surface area contributed by atoms with Crippen LogP contribution in [-0.2, 0) is 33.2 Å². The van der Waals surface area contributed by atoms with Crippen LogP contribution in [0.4, 0.5) is 0 Å². The molecule has 32 heavy (non-hydrogen) atoms. The molecule has 0 aromatic heterocycles. The standard InChI is InChI=1S/C24H46O8/c1-8-10-30-20(5)12-28-17-24(15-25,16-27-11-19(3)4)18-29-13-21(6)31-14-22(7)32-23(26)9-2/h9,19-22,25H,2,8,10-18H2,1,3-7H3. The molecule has 0 saturated heterocycles. The van der Waals surface area contributed by atoms with Gasteiger partial charge in [0.05, 0.1) is 63.9 Å². The van der Waals surface area contributed by atoms with E-state index in [-0.39, 0.29) is 38.1 Å². The van der Waals surface area contributed by atoms with E-state index in [2.05, 4.69) is 27.4 Å². The van der Waals surface area contributed by atoms with E-state index >= 15 is 0 Å². The average Bonchev–Trinajstić information content (AvgIpc) is 2.75. The van der Waals surface area contributed by atoms with Crippen molar-refractivity contribution in [2.24, 2.45) is 11.3 Å². The van der Waals surface area contributed by atoms with Crippen LogP contribution in [0.1, 0.15) is 48.0 Å². The Kier molecular flexibility index (Phi) is 17.8. The van der Waals surface area contributed by atoms with Gasteiger partial charge in [-0.3, -0.25) is 0 Å². The summed E-state index contributed by atoms with van der Waals surface area (Å²) in [6, 6.07) is 0. The van der Waals surface area contributed by atoms with Gasteiger partial charge in [0.25, 0.3) is 0 Å².